The summed E-state index contributed by atoms with van der Waals surface area (Å²) in [5.41, 5.74) is 3.24. The molecule has 2 rings (SSSR count). The van der Waals surface area contributed by atoms with E-state index in [4.69, 9.17) is 4.74 Å². The first-order chi connectivity index (χ1) is 8.66. The number of hydrogen-bond donors (Lipinski definition) is 1. The second kappa shape index (κ2) is 6.01. The topological polar surface area (TPSA) is 38.3 Å². The maximum atomic E-state index is 12.0. The van der Waals surface area contributed by atoms with Crippen LogP contribution in [0.2, 0.25) is 0 Å². The maximum absolute atomic E-state index is 12.0. The Hall–Kier alpha value is -1.35. The molecule has 1 aromatic carbocycles. The number of carbonyl (C=O) groups excluding carboxylic acids is 1. The molecule has 1 heterocycles. The van der Waals surface area contributed by atoms with Crippen molar-refractivity contribution in [3.63, 3.8) is 0 Å². The highest BCUT2D eigenvalue weighted by atomic mass is 16.5. The molecule has 0 radical (unpaired) electrons. The van der Waals surface area contributed by atoms with Gasteiger partial charge >= 0.3 is 0 Å². The Labute approximate surface area is 109 Å². The SMILES string of the molecule is Cc1cccc(NC(=O)CC2CCCCO2)c1C. The van der Waals surface area contributed by atoms with Crippen LogP contribution in [-0.2, 0) is 9.53 Å². The second-order valence-electron chi connectivity index (χ2n) is 4.99. The molecule has 1 aromatic rings. The lowest BCUT2D eigenvalue weighted by Crippen LogP contribution is -2.25. The van der Waals surface area contributed by atoms with E-state index in [9.17, 15) is 4.79 Å². The Morgan fingerprint density at radius 3 is 2.94 bits per heavy atom. The lowest BCUT2D eigenvalue weighted by Gasteiger charge is -2.22. The molecule has 1 N–H and O–H groups in total. The van der Waals surface area contributed by atoms with Crippen LogP contribution in [0, 0.1) is 13.8 Å². The van der Waals surface area contributed by atoms with E-state index < -0.39 is 0 Å². The summed E-state index contributed by atoms with van der Waals surface area (Å²) in [7, 11) is 0. The van der Waals surface area contributed by atoms with Crippen molar-refractivity contribution < 1.29 is 9.53 Å². The highest BCUT2D eigenvalue weighted by Gasteiger charge is 2.18. The summed E-state index contributed by atoms with van der Waals surface area (Å²) in [6.07, 6.45) is 3.85. The predicted octanol–water partition coefficient (Wildman–Crippen LogP) is 3.20. The number of carbonyl (C=O) groups is 1. The first-order valence-corrected chi connectivity index (χ1v) is 6.64. The fourth-order valence-electron chi connectivity index (χ4n) is 2.26. The van der Waals surface area contributed by atoms with Crippen molar-refractivity contribution in [1.82, 2.24) is 0 Å². The molecule has 1 atom stereocenters. The molecule has 18 heavy (non-hydrogen) atoms. The van der Waals surface area contributed by atoms with Crippen molar-refractivity contribution in [2.75, 3.05) is 11.9 Å². The number of amides is 1. The van der Waals surface area contributed by atoms with Crippen LogP contribution >= 0.6 is 0 Å². The van der Waals surface area contributed by atoms with Gasteiger partial charge in [-0.15, -0.1) is 0 Å². The standard InChI is InChI=1S/C15H21NO2/c1-11-6-5-8-14(12(11)2)16-15(17)10-13-7-3-4-9-18-13/h5-6,8,13H,3-4,7,9-10H2,1-2H3,(H,16,17). The van der Waals surface area contributed by atoms with Crippen LogP contribution in [0.5, 0.6) is 0 Å². The molecule has 0 spiro atoms. The van der Waals surface area contributed by atoms with Gasteiger partial charge in [-0.05, 0) is 50.3 Å². The predicted molar refractivity (Wildman–Crippen MR) is 72.8 cm³/mol. The van der Waals surface area contributed by atoms with E-state index in [1.54, 1.807) is 0 Å². The molecule has 1 fully saturated rings. The van der Waals surface area contributed by atoms with Crippen LogP contribution in [0.15, 0.2) is 18.2 Å². The summed E-state index contributed by atoms with van der Waals surface area (Å²) < 4.78 is 5.58. The number of aryl methyl sites for hydroxylation is 1. The fraction of sp³-hybridized carbons (Fsp3) is 0.533. The summed E-state index contributed by atoms with van der Waals surface area (Å²) in [6, 6.07) is 5.96. The monoisotopic (exact) mass is 247 g/mol. The van der Waals surface area contributed by atoms with Crippen LogP contribution < -0.4 is 5.32 Å². The minimum absolute atomic E-state index is 0.0515. The average Bonchev–Trinajstić information content (AvgIpc) is 2.36. The largest absolute Gasteiger partial charge is 0.378 e. The lowest BCUT2D eigenvalue weighted by molar-refractivity contribution is -0.119. The minimum atomic E-state index is 0.0515. The van der Waals surface area contributed by atoms with Gasteiger partial charge < -0.3 is 10.1 Å². The quantitative estimate of drug-likeness (QED) is 0.890. The minimum Gasteiger partial charge on any atom is -0.378 e. The molecule has 1 aliphatic rings. The molecular weight excluding hydrogens is 226 g/mol. The first kappa shape index (κ1) is 13.1. The van der Waals surface area contributed by atoms with Crippen LogP contribution in [0.3, 0.4) is 0 Å². The number of benzene rings is 1. The Morgan fingerprint density at radius 2 is 2.22 bits per heavy atom. The second-order valence-corrected chi connectivity index (χ2v) is 4.99. The Morgan fingerprint density at radius 1 is 1.39 bits per heavy atom. The normalized spacial score (nSPS) is 19.6. The summed E-state index contributed by atoms with van der Waals surface area (Å²) in [5.74, 6) is 0.0515. The Kier molecular flexibility index (Phi) is 4.37. The van der Waals surface area contributed by atoms with Crippen LogP contribution in [0.25, 0.3) is 0 Å². The Balaban J connectivity index is 1.92. The van der Waals surface area contributed by atoms with Crippen LogP contribution in [-0.4, -0.2) is 18.6 Å². The van der Waals surface area contributed by atoms with Gasteiger partial charge in [0.15, 0.2) is 0 Å². The van der Waals surface area contributed by atoms with Gasteiger partial charge in [-0.3, -0.25) is 4.79 Å². The molecule has 0 aliphatic carbocycles. The molecule has 1 unspecified atom stereocenters. The number of rotatable bonds is 3. The van der Waals surface area contributed by atoms with E-state index in [0.717, 1.165) is 30.7 Å². The van der Waals surface area contributed by atoms with Gasteiger partial charge in [0.05, 0.1) is 12.5 Å². The van der Waals surface area contributed by atoms with E-state index in [0.29, 0.717) is 6.42 Å². The van der Waals surface area contributed by atoms with E-state index in [1.165, 1.54) is 12.0 Å². The number of anilines is 1. The van der Waals surface area contributed by atoms with Crippen molar-refractivity contribution in [2.24, 2.45) is 0 Å². The van der Waals surface area contributed by atoms with E-state index >= 15 is 0 Å². The van der Waals surface area contributed by atoms with Crippen LogP contribution in [0.4, 0.5) is 5.69 Å². The zero-order chi connectivity index (χ0) is 13.0. The molecule has 98 valence electrons. The smallest absolute Gasteiger partial charge is 0.226 e. The molecule has 1 aliphatic heterocycles. The highest BCUT2D eigenvalue weighted by Crippen LogP contribution is 2.20. The number of nitrogens with one attached hydrogen (secondary N) is 1. The van der Waals surface area contributed by atoms with Crippen molar-refractivity contribution >= 4 is 11.6 Å². The fourth-order valence-corrected chi connectivity index (χ4v) is 2.26. The first-order valence-electron chi connectivity index (χ1n) is 6.64. The molecule has 1 saturated heterocycles. The van der Waals surface area contributed by atoms with Crippen molar-refractivity contribution in [2.45, 2.75) is 45.6 Å². The van der Waals surface area contributed by atoms with Gasteiger partial charge in [0.1, 0.15) is 0 Å². The van der Waals surface area contributed by atoms with E-state index in [2.05, 4.69) is 18.3 Å². The third-order valence-corrected chi connectivity index (χ3v) is 3.57. The van der Waals surface area contributed by atoms with Crippen molar-refractivity contribution in [1.29, 1.82) is 0 Å². The van der Waals surface area contributed by atoms with Crippen molar-refractivity contribution in [3.05, 3.63) is 29.3 Å². The van der Waals surface area contributed by atoms with Gasteiger partial charge in [0, 0.05) is 12.3 Å². The van der Waals surface area contributed by atoms with Crippen LogP contribution in [0.1, 0.15) is 36.8 Å². The zero-order valence-electron chi connectivity index (χ0n) is 11.2. The Bertz CT molecular complexity index is 423. The van der Waals surface area contributed by atoms with Gasteiger partial charge in [-0.25, -0.2) is 0 Å². The average molecular weight is 247 g/mol. The summed E-state index contributed by atoms with van der Waals surface area (Å²) in [5, 5.41) is 2.98. The van der Waals surface area contributed by atoms with Crippen molar-refractivity contribution in [3.8, 4) is 0 Å². The third-order valence-electron chi connectivity index (χ3n) is 3.57. The molecule has 0 saturated carbocycles. The highest BCUT2D eigenvalue weighted by molar-refractivity contribution is 5.91. The molecule has 0 bridgehead atoms. The van der Waals surface area contributed by atoms with E-state index in [-0.39, 0.29) is 12.0 Å². The lowest BCUT2D eigenvalue weighted by atomic mass is 10.1. The summed E-state index contributed by atoms with van der Waals surface area (Å²) >= 11 is 0. The zero-order valence-corrected chi connectivity index (χ0v) is 11.2. The summed E-state index contributed by atoms with van der Waals surface area (Å²) in [6.45, 7) is 4.87. The molecule has 3 nitrogen and oxygen atoms in total. The number of ether oxygens (including phenoxy) is 1. The maximum Gasteiger partial charge on any atom is 0.226 e. The number of hydrogen-bond acceptors (Lipinski definition) is 2. The van der Waals surface area contributed by atoms with Gasteiger partial charge in [-0.1, -0.05) is 12.1 Å². The molecule has 0 aromatic heterocycles. The summed E-state index contributed by atoms with van der Waals surface area (Å²) in [4.78, 5) is 12.0. The van der Waals surface area contributed by atoms with Gasteiger partial charge in [0.2, 0.25) is 5.91 Å². The third kappa shape index (κ3) is 3.33. The molecular formula is C15H21NO2. The van der Waals surface area contributed by atoms with Gasteiger partial charge in [-0.2, -0.15) is 0 Å². The molecule has 3 heteroatoms. The van der Waals surface area contributed by atoms with E-state index in [1.807, 2.05) is 19.1 Å². The van der Waals surface area contributed by atoms with Gasteiger partial charge in [0.25, 0.3) is 0 Å². The molecule has 1 amide bonds.